The van der Waals surface area contributed by atoms with Gasteiger partial charge in [-0.3, -0.25) is 24.3 Å². The second-order valence-corrected chi connectivity index (χ2v) is 7.45. The molecule has 8 nitrogen and oxygen atoms in total. The Morgan fingerprint density at radius 3 is 2.81 bits per heavy atom. The number of carbonyl (C=O) groups excluding carboxylic acids is 1. The van der Waals surface area contributed by atoms with Crippen LogP contribution in [0.15, 0.2) is 71.8 Å². The van der Waals surface area contributed by atoms with Gasteiger partial charge in [-0.25, -0.2) is 4.39 Å². The number of pyridine rings is 2. The predicted octanol–water partition coefficient (Wildman–Crippen LogP) is 2.18. The molecule has 0 unspecified atom stereocenters. The van der Waals surface area contributed by atoms with E-state index in [9.17, 15) is 19.1 Å². The Kier molecular flexibility index (Phi) is 4.85. The maximum Gasteiger partial charge on any atom is 0.278 e. The van der Waals surface area contributed by atoms with Crippen LogP contribution in [0.1, 0.15) is 27.8 Å². The van der Waals surface area contributed by atoms with Crippen LogP contribution in [-0.2, 0) is 0 Å². The third-order valence-corrected chi connectivity index (χ3v) is 5.50. The Balaban J connectivity index is 1.80. The number of amides is 1. The number of aromatic nitrogens is 2. The smallest absolute Gasteiger partial charge is 0.278 e. The molecule has 1 amide bonds. The maximum absolute atomic E-state index is 14.1. The Labute approximate surface area is 182 Å². The number of hydrogen-bond acceptors (Lipinski definition) is 6. The number of ether oxygens (including phenoxy) is 1. The third kappa shape index (κ3) is 3.27. The number of fused-ring (bicyclic) bond motifs is 5. The SMILES string of the molecule is O=C1c2c(O)c(=O)ccn2N2CN1C/C=C/COc1cc(F)ccc1[C@H]2c1ccccn1. The summed E-state index contributed by atoms with van der Waals surface area (Å²) in [6.45, 7) is 0.556. The van der Waals surface area contributed by atoms with E-state index >= 15 is 0 Å². The van der Waals surface area contributed by atoms with E-state index in [1.165, 1.54) is 34.0 Å². The molecule has 3 aromatic rings. The largest absolute Gasteiger partial charge is 0.502 e. The summed E-state index contributed by atoms with van der Waals surface area (Å²) in [5.74, 6) is -1.20. The molecule has 0 fully saturated rings. The Hall–Kier alpha value is -4.14. The third-order valence-electron chi connectivity index (χ3n) is 5.50. The highest BCUT2D eigenvalue weighted by atomic mass is 19.1. The summed E-state index contributed by atoms with van der Waals surface area (Å²) in [5, 5.41) is 12.3. The first-order valence-electron chi connectivity index (χ1n) is 10.0. The van der Waals surface area contributed by atoms with Gasteiger partial charge in [-0.05, 0) is 30.3 Å². The van der Waals surface area contributed by atoms with Gasteiger partial charge < -0.3 is 14.7 Å². The van der Waals surface area contributed by atoms with Crippen LogP contribution in [-0.4, -0.2) is 45.4 Å². The number of nitrogens with zero attached hydrogens (tertiary/aromatic N) is 4. The number of carbonyl (C=O) groups is 1. The van der Waals surface area contributed by atoms with Crippen LogP contribution in [0.3, 0.4) is 0 Å². The van der Waals surface area contributed by atoms with Crippen LogP contribution < -0.4 is 15.2 Å². The minimum absolute atomic E-state index is 0.135. The number of rotatable bonds is 1. The zero-order chi connectivity index (χ0) is 22.2. The lowest BCUT2D eigenvalue weighted by atomic mass is 10.0. The van der Waals surface area contributed by atoms with E-state index in [4.69, 9.17) is 4.74 Å². The Morgan fingerprint density at radius 1 is 1.12 bits per heavy atom. The van der Waals surface area contributed by atoms with Gasteiger partial charge in [0.15, 0.2) is 11.4 Å². The van der Waals surface area contributed by atoms with E-state index in [0.29, 0.717) is 17.0 Å². The van der Waals surface area contributed by atoms with Gasteiger partial charge in [0.25, 0.3) is 5.91 Å². The molecule has 0 spiro atoms. The van der Waals surface area contributed by atoms with E-state index in [-0.39, 0.29) is 25.5 Å². The summed E-state index contributed by atoms with van der Waals surface area (Å²) in [5.41, 5.74) is 0.460. The highest BCUT2D eigenvalue weighted by Gasteiger charge is 2.37. The van der Waals surface area contributed by atoms with Gasteiger partial charge in [0.05, 0.1) is 5.69 Å². The predicted molar refractivity (Wildman–Crippen MR) is 114 cm³/mol. The van der Waals surface area contributed by atoms with Gasteiger partial charge in [0, 0.05) is 36.6 Å². The number of hydrogen-bond donors (Lipinski definition) is 1. The summed E-state index contributed by atoms with van der Waals surface area (Å²) < 4.78 is 21.4. The Morgan fingerprint density at radius 2 is 2.00 bits per heavy atom. The van der Waals surface area contributed by atoms with Crippen LogP contribution in [0.4, 0.5) is 4.39 Å². The molecular weight excluding hydrogens is 415 g/mol. The van der Waals surface area contributed by atoms with Crippen molar-refractivity contribution in [2.24, 2.45) is 0 Å². The average molecular weight is 434 g/mol. The van der Waals surface area contributed by atoms with Crippen molar-refractivity contribution in [3.05, 3.63) is 100 Å². The lowest BCUT2D eigenvalue weighted by Gasteiger charge is -2.43. The molecule has 2 aliphatic rings. The van der Waals surface area contributed by atoms with Gasteiger partial charge in [-0.2, -0.15) is 0 Å². The van der Waals surface area contributed by atoms with Gasteiger partial charge in [-0.15, -0.1) is 0 Å². The zero-order valence-corrected chi connectivity index (χ0v) is 16.9. The molecule has 2 aromatic heterocycles. The highest BCUT2D eigenvalue weighted by molar-refractivity contribution is 5.96. The van der Waals surface area contributed by atoms with Gasteiger partial charge in [0.2, 0.25) is 5.43 Å². The van der Waals surface area contributed by atoms with Crippen molar-refractivity contribution in [2.75, 3.05) is 24.8 Å². The summed E-state index contributed by atoms with van der Waals surface area (Å²) in [6.07, 6.45) is 6.58. The van der Waals surface area contributed by atoms with E-state index in [1.54, 1.807) is 35.5 Å². The molecular formula is C23H19FN4O4. The van der Waals surface area contributed by atoms with Crippen molar-refractivity contribution in [3.63, 3.8) is 0 Å². The van der Waals surface area contributed by atoms with Gasteiger partial charge >= 0.3 is 0 Å². The van der Waals surface area contributed by atoms with Crippen LogP contribution >= 0.6 is 0 Å². The molecule has 162 valence electrons. The average Bonchev–Trinajstić information content (AvgIpc) is 2.82. The summed E-state index contributed by atoms with van der Waals surface area (Å²) in [4.78, 5) is 31.3. The molecule has 9 heteroatoms. The normalized spacial score (nSPS) is 18.8. The summed E-state index contributed by atoms with van der Waals surface area (Å²) >= 11 is 0. The number of halogens is 1. The minimum atomic E-state index is -0.647. The topological polar surface area (TPSA) is 87.9 Å². The second-order valence-electron chi connectivity index (χ2n) is 7.45. The number of benzene rings is 1. The lowest BCUT2D eigenvalue weighted by molar-refractivity contribution is 0.0701. The molecule has 2 aliphatic heterocycles. The molecule has 4 heterocycles. The van der Waals surface area contributed by atoms with Crippen LogP contribution in [0.2, 0.25) is 0 Å². The quantitative estimate of drug-likeness (QED) is 0.591. The fraction of sp³-hybridized carbons (Fsp3) is 0.174. The first-order chi connectivity index (χ1) is 15.5. The molecule has 0 saturated heterocycles. The van der Waals surface area contributed by atoms with Crippen LogP contribution in [0.25, 0.3) is 0 Å². The fourth-order valence-corrected chi connectivity index (χ4v) is 4.01. The molecule has 0 saturated carbocycles. The van der Waals surface area contributed by atoms with Crippen molar-refractivity contribution in [1.29, 1.82) is 0 Å². The van der Waals surface area contributed by atoms with Crippen LogP contribution in [0.5, 0.6) is 11.5 Å². The van der Waals surface area contributed by atoms with Gasteiger partial charge in [-0.1, -0.05) is 12.1 Å². The van der Waals surface area contributed by atoms with Crippen LogP contribution in [0, 0.1) is 5.82 Å². The molecule has 0 aliphatic carbocycles. The zero-order valence-electron chi connectivity index (χ0n) is 16.9. The number of aromatic hydroxyl groups is 1. The maximum atomic E-state index is 14.1. The first-order valence-corrected chi connectivity index (χ1v) is 10.0. The molecule has 1 atom stereocenters. The fourth-order valence-electron chi connectivity index (χ4n) is 4.01. The first kappa shape index (κ1) is 19.8. The Bertz CT molecular complexity index is 1270. The van der Waals surface area contributed by atoms with E-state index < -0.39 is 28.9 Å². The van der Waals surface area contributed by atoms with Crippen molar-refractivity contribution in [2.45, 2.75) is 6.04 Å². The molecule has 2 bridgehead atoms. The molecule has 1 aromatic carbocycles. The molecule has 0 radical (unpaired) electrons. The van der Waals surface area contributed by atoms with E-state index in [0.717, 1.165) is 0 Å². The van der Waals surface area contributed by atoms with Crippen molar-refractivity contribution >= 4 is 5.91 Å². The van der Waals surface area contributed by atoms with Crippen molar-refractivity contribution in [3.8, 4) is 11.5 Å². The summed E-state index contributed by atoms with van der Waals surface area (Å²) in [6, 6.07) is 10.3. The molecule has 5 rings (SSSR count). The lowest BCUT2D eigenvalue weighted by Crippen LogP contribution is -2.55. The molecule has 32 heavy (non-hydrogen) atoms. The molecule has 1 N–H and O–H groups in total. The monoisotopic (exact) mass is 434 g/mol. The highest BCUT2D eigenvalue weighted by Crippen LogP contribution is 2.36. The second kappa shape index (κ2) is 7.84. The van der Waals surface area contributed by atoms with E-state index in [2.05, 4.69) is 4.98 Å². The minimum Gasteiger partial charge on any atom is -0.502 e. The van der Waals surface area contributed by atoms with Gasteiger partial charge in [0.1, 0.15) is 30.9 Å². The van der Waals surface area contributed by atoms with Crippen molar-refractivity contribution in [1.82, 2.24) is 14.6 Å². The summed E-state index contributed by atoms with van der Waals surface area (Å²) in [7, 11) is 0. The van der Waals surface area contributed by atoms with E-state index in [1.807, 2.05) is 12.1 Å². The standard InChI is InChI=1S/C23H19FN4O4/c24-15-6-7-16-19(13-15)32-12-4-3-10-26-14-28(20(16)17-5-1-2-9-25-17)27-11-8-18(29)22(30)21(27)23(26)31/h1-9,11,13,20,30H,10,12,14H2/b4-3+/t20-/m0/s1. The van der Waals surface area contributed by atoms with Crippen molar-refractivity contribution < 1.29 is 19.0 Å².